The highest BCUT2D eigenvalue weighted by molar-refractivity contribution is 8.01. The summed E-state index contributed by atoms with van der Waals surface area (Å²) in [7, 11) is 0. The number of imide groups is 1. The maximum Gasteiger partial charge on any atom is 0.242 e. The van der Waals surface area contributed by atoms with Crippen LogP contribution in [0.1, 0.15) is 65.7 Å². The summed E-state index contributed by atoms with van der Waals surface area (Å²) in [4.78, 5) is 36.5. The van der Waals surface area contributed by atoms with Gasteiger partial charge in [-0.05, 0) is 32.6 Å². The molecule has 0 aromatic carbocycles. The molecule has 1 atom stereocenters. The summed E-state index contributed by atoms with van der Waals surface area (Å²) in [6.45, 7) is 6.34. The Hall–Kier alpha value is -0.840. The summed E-state index contributed by atoms with van der Waals surface area (Å²) >= 11 is 1.66. The van der Waals surface area contributed by atoms with Gasteiger partial charge in [-0.25, -0.2) is 0 Å². The molecule has 0 aromatic rings. The number of hydrogen-bond acceptors (Lipinski definition) is 4. The fraction of sp³-hybridized carbons (Fsp3) is 0.812. The first-order valence-corrected chi connectivity index (χ1v) is 8.92. The second-order valence-electron chi connectivity index (χ2n) is 5.66. The van der Waals surface area contributed by atoms with Gasteiger partial charge in [0, 0.05) is 24.6 Å². The number of thioether (sulfide) groups is 1. The van der Waals surface area contributed by atoms with Gasteiger partial charge in [-0.15, -0.1) is 11.8 Å². The molecule has 0 aromatic heterocycles. The Labute approximate surface area is 132 Å². The van der Waals surface area contributed by atoms with Crippen molar-refractivity contribution < 1.29 is 14.4 Å². The molecule has 1 fully saturated rings. The van der Waals surface area contributed by atoms with Crippen molar-refractivity contribution in [1.82, 2.24) is 4.90 Å². The van der Waals surface area contributed by atoms with E-state index in [1.165, 1.54) is 4.90 Å². The van der Waals surface area contributed by atoms with E-state index in [4.69, 9.17) is 0 Å². The highest BCUT2D eigenvalue weighted by atomic mass is 32.2. The third-order valence-electron chi connectivity index (χ3n) is 3.88. The van der Waals surface area contributed by atoms with E-state index in [0.717, 1.165) is 32.1 Å². The Morgan fingerprint density at radius 3 is 2.48 bits per heavy atom. The third kappa shape index (κ3) is 5.81. The van der Waals surface area contributed by atoms with Crippen LogP contribution in [0.15, 0.2) is 0 Å². The quantitative estimate of drug-likeness (QED) is 0.459. The van der Waals surface area contributed by atoms with Gasteiger partial charge in [0.05, 0.1) is 5.25 Å². The van der Waals surface area contributed by atoms with Gasteiger partial charge in [-0.3, -0.25) is 14.5 Å². The van der Waals surface area contributed by atoms with Gasteiger partial charge in [0.2, 0.25) is 11.8 Å². The maximum absolute atomic E-state index is 12.3. The van der Waals surface area contributed by atoms with Crippen molar-refractivity contribution in [1.29, 1.82) is 0 Å². The van der Waals surface area contributed by atoms with E-state index in [1.807, 2.05) is 0 Å². The molecule has 0 radical (unpaired) electrons. The highest BCUT2D eigenvalue weighted by Gasteiger charge is 2.39. The zero-order chi connectivity index (χ0) is 15.8. The van der Waals surface area contributed by atoms with Crippen LogP contribution in [0.2, 0.25) is 0 Å². The summed E-state index contributed by atoms with van der Waals surface area (Å²) in [5.74, 6) is 0.156. The molecule has 1 saturated heterocycles. The number of hydrogen-bond donors (Lipinski definition) is 0. The Bertz CT molecular complexity index is 380. The minimum absolute atomic E-state index is 0.0107. The largest absolute Gasteiger partial charge is 0.300 e. The molecule has 1 aliphatic heterocycles. The molecule has 120 valence electrons. The summed E-state index contributed by atoms with van der Waals surface area (Å²) in [6.07, 6.45) is 5.54. The van der Waals surface area contributed by atoms with Crippen LogP contribution in [0.25, 0.3) is 0 Å². The second-order valence-corrected chi connectivity index (χ2v) is 7.17. The monoisotopic (exact) mass is 313 g/mol. The lowest BCUT2D eigenvalue weighted by atomic mass is 10.1. The van der Waals surface area contributed by atoms with Gasteiger partial charge in [0.25, 0.3) is 0 Å². The van der Waals surface area contributed by atoms with Crippen molar-refractivity contribution in [2.45, 2.75) is 76.2 Å². The third-order valence-corrected chi connectivity index (χ3v) is 5.63. The predicted octanol–water partition coefficient (Wildman–Crippen LogP) is 3.19. The van der Waals surface area contributed by atoms with Crippen molar-refractivity contribution in [2.24, 2.45) is 0 Å². The first kappa shape index (κ1) is 18.2. The molecule has 4 nitrogen and oxygen atoms in total. The molecule has 21 heavy (non-hydrogen) atoms. The van der Waals surface area contributed by atoms with E-state index >= 15 is 0 Å². The molecule has 1 unspecified atom stereocenters. The molecule has 0 saturated carbocycles. The van der Waals surface area contributed by atoms with Crippen molar-refractivity contribution in [3.63, 3.8) is 0 Å². The van der Waals surface area contributed by atoms with E-state index in [1.54, 1.807) is 18.7 Å². The topological polar surface area (TPSA) is 54.5 Å². The smallest absolute Gasteiger partial charge is 0.242 e. The lowest BCUT2D eigenvalue weighted by Crippen LogP contribution is -2.32. The maximum atomic E-state index is 12.3. The van der Waals surface area contributed by atoms with Crippen LogP contribution in [0, 0.1) is 0 Å². The predicted molar refractivity (Wildman–Crippen MR) is 86.2 cm³/mol. The van der Waals surface area contributed by atoms with Crippen molar-refractivity contribution in [3.05, 3.63) is 0 Å². The number of carbonyl (C=O) groups is 3. The number of Topliss-reactive ketones (excluding diaryl/α,β-unsaturated/α-hetero) is 1. The molecule has 1 heterocycles. The minimum atomic E-state index is -0.181. The van der Waals surface area contributed by atoms with E-state index in [0.29, 0.717) is 24.6 Å². The number of nitrogens with zero attached hydrogens (tertiary/aromatic N) is 1. The van der Waals surface area contributed by atoms with Crippen LogP contribution in [0.5, 0.6) is 0 Å². The summed E-state index contributed by atoms with van der Waals surface area (Å²) in [5, 5.41) is 0.280. The van der Waals surface area contributed by atoms with Gasteiger partial charge in [-0.1, -0.05) is 20.3 Å². The van der Waals surface area contributed by atoms with Gasteiger partial charge < -0.3 is 4.79 Å². The fourth-order valence-electron chi connectivity index (χ4n) is 2.53. The Balaban J connectivity index is 2.37. The molecule has 0 N–H and O–H groups in total. The summed E-state index contributed by atoms with van der Waals surface area (Å²) in [5.41, 5.74) is 0. The molecular weight excluding hydrogens is 286 g/mol. The van der Waals surface area contributed by atoms with Crippen LogP contribution in [-0.2, 0) is 14.4 Å². The van der Waals surface area contributed by atoms with Gasteiger partial charge in [0.15, 0.2) is 0 Å². The molecule has 5 heteroatoms. The molecular formula is C16H27NO3S. The van der Waals surface area contributed by atoms with Gasteiger partial charge >= 0.3 is 0 Å². The number of rotatable bonds is 10. The van der Waals surface area contributed by atoms with E-state index < -0.39 is 0 Å². The second kappa shape index (κ2) is 9.23. The lowest BCUT2D eigenvalue weighted by Gasteiger charge is -2.17. The number of ketones is 1. The van der Waals surface area contributed by atoms with Crippen molar-refractivity contribution >= 4 is 29.4 Å². The first-order chi connectivity index (χ1) is 9.99. The number of amides is 2. The van der Waals surface area contributed by atoms with Crippen LogP contribution in [0.3, 0.4) is 0 Å². The fourth-order valence-corrected chi connectivity index (χ4v) is 3.86. The zero-order valence-electron chi connectivity index (χ0n) is 13.4. The van der Waals surface area contributed by atoms with E-state index in [9.17, 15) is 14.4 Å². The van der Waals surface area contributed by atoms with Crippen molar-refractivity contribution in [3.8, 4) is 0 Å². The lowest BCUT2D eigenvalue weighted by molar-refractivity contribution is -0.138. The molecule has 2 amide bonds. The number of carbonyl (C=O) groups excluding carboxylic acids is 3. The average molecular weight is 313 g/mol. The highest BCUT2D eigenvalue weighted by Crippen LogP contribution is 2.31. The summed E-state index contributed by atoms with van der Waals surface area (Å²) in [6, 6.07) is 0. The van der Waals surface area contributed by atoms with Crippen LogP contribution >= 0.6 is 11.8 Å². The standard InChI is InChI=1S/C16H27NO3S/c1-4-13(5-2)21-14-11-15(19)17(16(14)20)10-8-6-7-9-12(3)18/h13-14H,4-11H2,1-3H3. The molecule has 0 spiro atoms. The Morgan fingerprint density at radius 1 is 1.24 bits per heavy atom. The SMILES string of the molecule is CCC(CC)SC1CC(=O)N(CCCCCC(C)=O)C1=O. The van der Waals surface area contributed by atoms with Gasteiger partial charge in [0.1, 0.15) is 5.78 Å². The summed E-state index contributed by atoms with van der Waals surface area (Å²) < 4.78 is 0. The molecule has 0 aliphatic carbocycles. The van der Waals surface area contributed by atoms with E-state index in [2.05, 4.69) is 13.8 Å². The average Bonchev–Trinajstić information content (AvgIpc) is 2.71. The minimum Gasteiger partial charge on any atom is -0.300 e. The van der Waals surface area contributed by atoms with Crippen molar-refractivity contribution in [2.75, 3.05) is 6.54 Å². The zero-order valence-corrected chi connectivity index (χ0v) is 14.2. The Morgan fingerprint density at radius 2 is 1.90 bits per heavy atom. The van der Waals surface area contributed by atoms with Gasteiger partial charge in [-0.2, -0.15) is 0 Å². The number of unbranched alkanes of at least 4 members (excludes halogenated alkanes) is 2. The molecule has 0 bridgehead atoms. The molecule has 1 aliphatic rings. The Kier molecular flexibility index (Phi) is 8.01. The number of likely N-dealkylation sites (tertiary alicyclic amines) is 1. The van der Waals surface area contributed by atoms with Crippen LogP contribution in [0.4, 0.5) is 0 Å². The molecule has 1 rings (SSSR count). The van der Waals surface area contributed by atoms with Crippen LogP contribution < -0.4 is 0 Å². The first-order valence-electron chi connectivity index (χ1n) is 7.98. The van der Waals surface area contributed by atoms with Crippen LogP contribution in [-0.4, -0.2) is 39.5 Å². The van der Waals surface area contributed by atoms with E-state index in [-0.39, 0.29) is 22.8 Å². The normalized spacial score (nSPS) is 18.9.